The van der Waals surface area contributed by atoms with Gasteiger partial charge in [0.2, 0.25) is 0 Å². The number of hydrogen-bond donors (Lipinski definition) is 1. The van der Waals surface area contributed by atoms with E-state index < -0.39 is 0 Å². The molecule has 124 valence electrons. The zero-order chi connectivity index (χ0) is 16.1. The molecular weight excluding hydrogens is 306 g/mol. The Kier molecular flexibility index (Phi) is 3.13. The number of aryl methyl sites for hydroxylation is 1. The van der Waals surface area contributed by atoms with Gasteiger partial charge in [-0.15, -0.1) is 0 Å². The number of rotatable bonds is 1. The molecule has 0 amide bonds. The van der Waals surface area contributed by atoms with E-state index in [2.05, 4.69) is 15.2 Å². The predicted molar refractivity (Wildman–Crippen MR) is 91.8 cm³/mol. The summed E-state index contributed by atoms with van der Waals surface area (Å²) >= 11 is 0. The fourth-order valence-corrected chi connectivity index (χ4v) is 3.84. The Morgan fingerprint density at radius 3 is 2.62 bits per heavy atom. The molecule has 5 rings (SSSR count). The number of aromatic nitrogens is 1. The molecule has 2 aliphatic rings. The summed E-state index contributed by atoms with van der Waals surface area (Å²) in [6.07, 6.45) is 3.93. The SMILES string of the molecule is O=c1oc2cc3oc(N4CCNCC4)nc3cc2c2c1CCCC2. The molecule has 1 aliphatic carbocycles. The van der Waals surface area contributed by atoms with Gasteiger partial charge in [0.1, 0.15) is 11.1 Å². The third-order valence-electron chi connectivity index (χ3n) is 5.11. The largest absolute Gasteiger partial charge is 0.423 e. The molecule has 1 saturated heterocycles. The van der Waals surface area contributed by atoms with Crippen LogP contribution in [0.15, 0.2) is 25.8 Å². The molecule has 0 radical (unpaired) electrons. The summed E-state index contributed by atoms with van der Waals surface area (Å²) in [7, 11) is 0. The smallest absolute Gasteiger partial charge is 0.339 e. The van der Waals surface area contributed by atoms with Crippen molar-refractivity contribution in [3.63, 3.8) is 0 Å². The monoisotopic (exact) mass is 325 g/mol. The van der Waals surface area contributed by atoms with Gasteiger partial charge in [-0.25, -0.2) is 4.79 Å². The molecule has 24 heavy (non-hydrogen) atoms. The van der Waals surface area contributed by atoms with Crippen LogP contribution in [-0.4, -0.2) is 31.2 Å². The molecule has 0 saturated carbocycles. The van der Waals surface area contributed by atoms with Crippen LogP contribution in [0, 0.1) is 0 Å². The van der Waals surface area contributed by atoms with Crippen LogP contribution < -0.4 is 15.8 Å². The normalized spacial score (nSPS) is 18.2. The van der Waals surface area contributed by atoms with Crippen molar-refractivity contribution in [2.45, 2.75) is 25.7 Å². The number of piperazine rings is 1. The lowest BCUT2D eigenvalue weighted by Gasteiger charge is -2.25. The highest BCUT2D eigenvalue weighted by Gasteiger charge is 2.21. The van der Waals surface area contributed by atoms with Gasteiger partial charge in [0.25, 0.3) is 6.01 Å². The van der Waals surface area contributed by atoms with Gasteiger partial charge in [0, 0.05) is 43.2 Å². The first-order valence-electron chi connectivity index (χ1n) is 8.64. The van der Waals surface area contributed by atoms with Gasteiger partial charge in [0.05, 0.1) is 0 Å². The summed E-state index contributed by atoms with van der Waals surface area (Å²) in [6.45, 7) is 3.64. The zero-order valence-electron chi connectivity index (χ0n) is 13.4. The van der Waals surface area contributed by atoms with Crippen molar-refractivity contribution in [3.05, 3.63) is 33.7 Å². The summed E-state index contributed by atoms with van der Waals surface area (Å²) in [4.78, 5) is 19.1. The highest BCUT2D eigenvalue weighted by Crippen LogP contribution is 2.31. The molecular formula is C18H19N3O3. The Hall–Kier alpha value is -2.34. The van der Waals surface area contributed by atoms with Gasteiger partial charge in [-0.3, -0.25) is 0 Å². The standard InChI is InChI=1S/C18H19N3O3/c22-17-12-4-2-1-3-11(12)13-9-14-16(10-15(13)23-17)24-18(20-14)21-7-5-19-6-8-21/h9-10,19H,1-8H2. The van der Waals surface area contributed by atoms with Crippen molar-refractivity contribution >= 4 is 28.1 Å². The van der Waals surface area contributed by atoms with Crippen molar-refractivity contribution in [1.82, 2.24) is 10.3 Å². The fourth-order valence-electron chi connectivity index (χ4n) is 3.84. The average Bonchev–Trinajstić information content (AvgIpc) is 3.04. The first kappa shape index (κ1) is 14.0. The number of oxazole rings is 1. The predicted octanol–water partition coefficient (Wildman–Crippen LogP) is 2.22. The lowest BCUT2D eigenvalue weighted by molar-refractivity contribution is 0.516. The van der Waals surface area contributed by atoms with Gasteiger partial charge in [-0.1, -0.05) is 0 Å². The van der Waals surface area contributed by atoms with Crippen molar-refractivity contribution in [3.8, 4) is 0 Å². The maximum Gasteiger partial charge on any atom is 0.339 e. The van der Waals surface area contributed by atoms with Gasteiger partial charge in [0.15, 0.2) is 5.58 Å². The second kappa shape index (κ2) is 5.34. The molecule has 1 fully saturated rings. The Bertz CT molecular complexity index is 982. The minimum atomic E-state index is -0.196. The molecule has 3 aromatic rings. The number of hydrogen-bond acceptors (Lipinski definition) is 6. The summed E-state index contributed by atoms with van der Waals surface area (Å²) in [5.74, 6) is 0. The van der Waals surface area contributed by atoms with E-state index >= 15 is 0 Å². The van der Waals surface area contributed by atoms with E-state index in [0.717, 1.165) is 73.9 Å². The molecule has 0 bridgehead atoms. The number of nitrogens with one attached hydrogen (secondary N) is 1. The molecule has 2 aromatic heterocycles. The Labute approximate surface area is 138 Å². The number of benzene rings is 1. The van der Waals surface area contributed by atoms with E-state index in [1.165, 1.54) is 0 Å². The summed E-state index contributed by atoms with van der Waals surface area (Å²) < 4.78 is 11.5. The van der Waals surface area contributed by atoms with E-state index in [-0.39, 0.29) is 5.63 Å². The van der Waals surface area contributed by atoms with Crippen molar-refractivity contribution < 1.29 is 8.83 Å². The van der Waals surface area contributed by atoms with E-state index in [4.69, 9.17) is 8.83 Å². The second-order valence-corrected chi connectivity index (χ2v) is 6.60. The van der Waals surface area contributed by atoms with Crippen LogP contribution >= 0.6 is 0 Å². The van der Waals surface area contributed by atoms with Gasteiger partial charge in [-0.2, -0.15) is 4.98 Å². The minimum absolute atomic E-state index is 0.196. The van der Waals surface area contributed by atoms with E-state index in [9.17, 15) is 4.79 Å². The molecule has 0 unspecified atom stereocenters. The van der Waals surface area contributed by atoms with Gasteiger partial charge >= 0.3 is 5.63 Å². The molecule has 6 heteroatoms. The second-order valence-electron chi connectivity index (χ2n) is 6.60. The maximum absolute atomic E-state index is 12.2. The molecule has 1 aliphatic heterocycles. The fraction of sp³-hybridized carbons (Fsp3) is 0.444. The highest BCUT2D eigenvalue weighted by molar-refractivity contribution is 5.93. The summed E-state index contributed by atoms with van der Waals surface area (Å²) in [6, 6.07) is 4.49. The highest BCUT2D eigenvalue weighted by atomic mass is 16.4. The van der Waals surface area contributed by atoms with Crippen molar-refractivity contribution in [2.75, 3.05) is 31.1 Å². The third kappa shape index (κ3) is 2.13. The van der Waals surface area contributed by atoms with Gasteiger partial charge in [-0.05, 0) is 37.3 Å². The third-order valence-corrected chi connectivity index (χ3v) is 5.11. The maximum atomic E-state index is 12.2. The molecule has 0 atom stereocenters. The first-order valence-corrected chi connectivity index (χ1v) is 8.64. The molecule has 1 N–H and O–H groups in total. The topological polar surface area (TPSA) is 71.5 Å². The van der Waals surface area contributed by atoms with Crippen molar-refractivity contribution in [1.29, 1.82) is 0 Å². The van der Waals surface area contributed by atoms with Crippen LogP contribution in [-0.2, 0) is 12.8 Å². The summed E-state index contributed by atoms with van der Waals surface area (Å²) in [5, 5.41) is 4.34. The van der Waals surface area contributed by atoms with Crippen molar-refractivity contribution in [2.24, 2.45) is 0 Å². The van der Waals surface area contributed by atoms with E-state index in [0.29, 0.717) is 17.2 Å². The van der Waals surface area contributed by atoms with Gasteiger partial charge < -0.3 is 19.1 Å². The van der Waals surface area contributed by atoms with Crippen LogP contribution in [0.1, 0.15) is 24.0 Å². The van der Waals surface area contributed by atoms with Crippen LogP contribution in [0.25, 0.3) is 22.1 Å². The quantitative estimate of drug-likeness (QED) is 0.692. The van der Waals surface area contributed by atoms with E-state index in [1.807, 2.05) is 12.1 Å². The molecule has 0 spiro atoms. The lowest BCUT2D eigenvalue weighted by atomic mass is 9.90. The number of nitrogens with zero attached hydrogens (tertiary/aromatic N) is 2. The first-order chi connectivity index (χ1) is 11.8. The lowest BCUT2D eigenvalue weighted by Crippen LogP contribution is -2.43. The molecule has 6 nitrogen and oxygen atoms in total. The Morgan fingerprint density at radius 2 is 1.79 bits per heavy atom. The van der Waals surface area contributed by atoms with Crippen LogP contribution in [0.5, 0.6) is 0 Å². The van der Waals surface area contributed by atoms with Crippen LogP contribution in [0.4, 0.5) is 6.01 Å². The number of anilines is 1. The number of fused-ring (bicyclic) bond motifs is 4. The average molecular weight is 325 g/mol. The minimum Gasteiger partial charge on any atom is -0.423 e. The van der Waals surface area contributed by atoms with Crippen LogP contribution in [0.2, 0.25) is 0 Å². The Balaban J connectivity index is 1.69. The van der Waals surface area contributed by atoms with E-state index in [1.54, 1.807) is 0 Å². The molecule has 1 aromatic carbocycles. The summed E-state index contributed by atoms with van der Waals surface area (Å²) in [5.41, 5.74) is 3.90. The zero-order valence-corrected chi connectivity index (χ0v) is 13.4. The van der Waals surface area contributed by atoms with Crippen LogP contribution in [0.3, 0.4) is 0 Å². The Morgan fingerprint density at radius 1 is 1.00 bits per heavy atom. The molecule has 3 heterocycles.